The van der Waals surface area contributed by atoms with Gasteiger partial charge in [0, 0.05) is 5.56 Å². The van der Waals surface area contributed by atoms with E-state index < -0.39 is 23.3 Å². The third-order valence-corrected chi connectivity index (χ3v) is 3.05. The van der Waals surface area contributed by atoms with Crippen LogP contribution in [-0.2, 0) is 14.7 Å². The molecule has 0 aromatic heterocycles. The van der Waals surface area contributed by atoms with Crippen molar-refractivity contribution in [3.63, 3.8) is 0 Å². The molecule has 0 saturated carbocycles. The smallest absolute Gasteiger partial charge is 0.347 e. The normalized spacial score (nSPS) is 22.4. The maximum absolute atomic E-state index is 12.5. The first-order valence-corrected chi connectivity index (χ1v) is 6.05. The Hall–Kier alpha value is -2.25. The molecule has 1 amide bonds. The zero-order valence-electron chi connectivity index (χ0n) is 10.7. The number of rotatable bonds is 3. The van der Waals surface area contributed by atoms with Crippen molar-refractivity contribution in [2.24, 2.45) is 0 Å². The highest BCUT2D eigenvalue weighted by Gasteiger charge is 2.51. The minimum absolute atomic E-state index is 0.0100. The lowest BCUT2D eigenvalue weighted by Crippen LogP contribution is -2.52. The summed E-state index contributed by atoms with van der Waals surface area (Å²) in [5, 5.41) is 9.36. The van der Waals surface area contributed by atoms with E-state index in [1.165, 1.54) is 12.1 Å². The van der Waals surface area contributed by atoms with Crippen LogP contribution >= 0.6 is 0 Å². The van der Waals surface area contributed by atoms with E-state index in [0.717, 1.165) is 0 Å². The Labute approximate surface area is 114 Å². The summed E-state index contributed by atoms with van der Waals surface area (Å²) in [5.41, 5.74) is -0.182. The van der Waals surface area contributed by atoms with Crippen molar-refractivity contribution in [3.05, 3.63) is 35.4 Å². The molecular formula is C13H13NO6. The van der Waals surface area contributed by atoms with Crippen molar-refractivity contribution in [2.75, 3.05) is 0 Å². The van der Waals surface area contributed by atoms with Crippen LogP contribution in [0.1, 0.15) is 40.5 Å². The van der Waals surface area contributed by atoms with Crippen LogP contribution in [0.3, 0.4) is 0 Å². The highest BCUT2D eigenvalue weighted by Crippen LogP contribution is 2.27. The Morgan fingerprint density at radius 2 is 1.95 bits per heavy atom. The number of carboxylic acid groups (broad SMARTS) is 1. The summed E-state index contributed by atoms with van der Waals surface area (Å²) >= 11 is 0. The molecule has 0 saturated heterocycles. The van der Waals surface area contributed by atoms with Crippen molar-refractivity contribution in [3.8, 4) is 0 Å². The van der Waals surface area contributed by atoms with Crippen molar-refractivity contribution in [1.29, 1.82) is 0 Å². The van der Waals surface area contributed by atoms with Crippen LogP contribution in [-0.4, -0.2) is 28.4 Å². The maximum atomic E-state index is 12.5. The number of hydrogen-bond donors (Lipinski definition) is 2. The number of hydroxylamine groups is 1. The molecule has 0 radical (unpaired) electrons. The lowest BCUT2D eigenvalue weighted by atomic mass is 9.86. The summed E-state index contributed by atoms with van der Waals surface area (Å²) in [4.78, 5) is 44.9. The molecule has 0 spiro atoms. The molecule has 0 bridgehead atoms. The largest absolute Gasteiger partial charge is 0.479 e. The van der Waals surface area contributed by atoms with Crippen LogP contribution in [0.25, 0.3) is 0 Å². The average molecular weight is 279 g/mol. The standard InChI is InChI=1S/C13H13NO6/c1-2-7-13(12(17)18)10(15)8-5-3-4-6-9(8)11(16)14-20-19-13/h3-6H,2,7H2,1H3,(H,14,16)(H,17,18). The summed E-state index contributed by atoms with van der Waals surface area (Å²) in [6.45, 7) is 1.71. The molecule has 2 rings (SSSR count). The van der Waals surface area contributed by atoms with E-state index in [4.69, 9.17) is 4.89 Å². The molecule has 7 heteroatoms. The van der Waals surface area contributed by atoms with Crippen LogP contribution in [0.2, 0.25) is 0 Å². The summed E-state index contributed by atoms with van der Waals surface area (Å²) in [5.74, 6) is -2.95. The predicted molar refractivity (Wildman–Crippen MR) is 65.7 cm³/mol. The average Bonchev–Trinajstić information content (AvgIpc) is 2.44. The summed E-state index contributed by atoms with van der Waals surface area (Å²) in [6, 6.07) is 5.91. The van der Waals surface area contributed by atoms with Gasteiger partial charge in [-0.25, -0.2) is 4.79 Å². The number of nitrogens with one attached hydrogen (secondary N) is 1. The first-order valence-electron chi connectivity index (χ1n) is 6.05. The van der Waals surface area contributed by atoms with Crippen LogP contribution in [0.5, 0.6) is 0 Å². The van der Waals surface area contributed by atoms with Gasteiger partial charge in [0.15, 0.2) is 0 Å². The van der Waals surface area contributed by atoms with E-state index in [9.17, 15) is 19.5 Å². The minimum atomic E-state index is -2.17. The SMILES string of the molecule is CCCC1(C(=O)O)OONC(=O)c2ccccc2C1=O. The van der Waals surface area contributed by atoms with Gasteiger partial charge in [-0.15, -0.1) is 4.99 Å². The number of carbonyl (C=O) groups excluding carboxylic acids is 2. The number of aliphatic carboxylic acids is 1. The molecule has 1 atom stereocenters. The van der Waals surface area contributed by atoms with Crippen molar-refractivity contribution in [1.82, 2.24) is 5.48 Å². The van der Waals surface area contributed by atoms with Gasteiger partial charge in [-0.1, -0.05) is 31.5 Å². The van der Waals surface area contributed by atoms with Gasteiger partial charge in [0.05, 0.1) is 5.56 Å². The lowest BCUT2D eigenvalue weighted by Gasteiger charge is -2.28. The van der Waals surface area contributed by atoms with E-state index in [-0.39, 0.29) is 17.5 Å². The minimum Gasteiger partial charge on any atom is -0.479 e. The monoisotopic (exact) mass is 279 g/mol. The Kier molecular flexibility index (Phi) is 3.82. The highest BCUT2D eigenvalue weighted by atomic mass is 17.3. The topological polar surface area (TPSA) is 102 Å². The van der Waals surface area contributed by atoms with Crippen LogP contribution in [0, 0.1) is 0 Å². The molecule has 0 fully saturated rings. The third kappa shape index (κ3) is 2.17. The summed E-state index contributed by atoms with van der Waals surface area (Å²) < 4.78 is 0. The summed E-state index contributed by atoms with van der Waals surface area (Å²) in [6.07, 6.45) is 0.308. The van der Waals surface area contributed by atoms with E-state index in [2.05, 4.69) is 4.99 Å². The fraction of sp³-hybridized carbons (Fsp3) is 0.308. The van der Waals surface area contributed by atoms with Crippen molar-refractivity contribution >= 4 is 17.7 Å². The number of Topliss-reactive ketones (excluding diaryl/α,β-unsaturated/α-hetero) is 1. The molecule has 20 heavy (non-hydrogen) atoms. The van der Waals surface area contributed by atoms with Gasteiger partial charge in [-0.3, -0.25) is 9.59 Å². The molecule has 1 aromatic rings. The number of carbonyl (C=O) groups is 3. The molecule has 7 nitrogen and oxygen atoms in total. The summed E-state index contributed by atoms with van der Waals surface area (Å²) in [7, 11) is 0. The second kappa shape index (κ2) is 5.40. The Morgan fingerprint density at radius 3 is 2.55 bits per heavy atom. The zero-order valence-corrected chi connectivity index (χ0v) is 10.7. The van der Waals surface area contributed by atoms with Gasteiger partial charge in [-0.2, -0.15) is 10.4 Å². The van der Waals surface area contributed by atoms with Gasteiger partial charge in [0.25, 0.3) is 11.5 Å². The van der Waals surface area contributed by atoms with Crippen LogP contribution in [0.4, 0.5) is 0 Å². The fourth-order valence-corrected chi connectivity index (χ4v) is 2.07. The van der Waals surface area contributed by atoms with E-state index in [0.29, 0.717) is 6.42 Å². The van der Waals surface area contributed by atoms with Crippen LogP contribution < -0.4 is 5.48 Å². The number of ketones is 1. The molecule has 1 aromatic carbocycles. The first-order chi connectivity index (χ1) is 9.53. The van der Waals surface area contributed by atoms with Crippen LogP contribution in [0.15, 0.2) is 24.3 Å². The number of carboxylic acids is 1. The third-order valence-electron chi connectivity index (χ3n) is 3.05. The number of amides is 1. The van der Waals surface area contributed by atoms with E-state index in [1.54, 1.807) is 19.1 Å². The van der Waals surface area contributed by atoms with Gasteiger partial charge >= 0.3 is 5.97 Å². The van der Waals surface area contributed by atoms with Gasteiger partial charge in [0.2, 0.25) is 5.78 Å². The van der Waals surface area contributed by atoms with Gasteiger partial charge in [-0.05, 0) is 12.5 Å². The molecular weight excluding hydrogens is 266 g/mol. The molecule has 1 aliphatic rings. The Morgan fingerprint density at radius 1 is 1.30 bits per heavy atom. The molecule has 106 valence electrons. The molecule has 2 N–H and O–H groups in total. The molecule has 0 aliphatic carbocycles. The van der Waals surface area contributed by atoms with E-state index in [1.807, 2.05) is 5.48 Å². The Bertz CT molecular complexity index is 570. The number of hydrogen-bond acceptors (Lipinski definition) is 5. The molecule has 1 heterocycles. The second-order valence-electron chi connectivity index (χ2n) is 4.35. The van der Waals surface area contributed by atoms with Crippen molar-refractivity contribution < 1.29 is 29.4 Å². The van der Waals surface area contributed by atoms with Gasteiger partial charge < -0.3 is 5.11 Å². The Balaban J connectivity index is 2.60. The van der Waals surface area contributed by atoms with Crippen molar-refractivity contribution in [2.45, 2.75) is 25.4 Å². The number of benzene rings is 1. The quantitative estimate of drug-likeness (QED) is 0.634. The zero-order chi connectivity index (χ0) is 14.8. The first kappa shape index (κ1) is 14.2. The second-order valence-corrected chi connectivity index (χ2v) is 4.35. The predicted octanol–water partition coefficient (Wildman–Crippen LogP) is 1.10. The fourth-order valence-electron chi connectivity index (χ4n) is 2.07. The molecule has 1 unspecified atom stereocenters. The van der Waals surface area contributed by atoms with E-state index >= 15 is 0 Å². The highest BCUT2D eigenvalue weighted by molar-refractivity contribution is 6.19. The van der Waals surface area contributed by atoms with Gasteiger partial charge in [0.1, 0.15) is 0 Å². The number of fused-ring (bicyclic) bond motifs is 1. The molecule has 1 aliphatic heterocycles. The lowest BCUT2D eigenvalue weighted by molar-refractivity contribution is -0.366. The maximum Gasteiger partial charge on any atom is 0.347 e.